The monoisotopic (exact) mass is 492 g/mol. The highest BCUT2D eigenvalue weighted by atomic mass is 14.3. The van der Waals surface area contributed by atoms with E-state index in [0.717, 1.165) is 0 Å². The fraction of sp³-hybridized carbons (Fsp3) is 0.459. The second-order valence-electron chi connectivity index (χ2n) is 15.3. The van der Waals surface area contributed by atoms with Gasteiger partial charge in [-0.15, -0.1) is 0 Å². The molecule has 0 amide bonds. The van der Waals surface area contributed by atoms with Crippen molar-refractivity contribution in [1.29, 1.82) is 0 Å². The first-order valence-electron chi connectivity index (χ1n) is 14.0. The van der Waals surface area contributed by atoms with Crippen molar-refractivity contribution in [2.24, 2.45) is 0 Å². The van der Waals surface area contributed by atoms with Gasteiger partial charge in [0.15, 0.2) is 0 Å². The van der Waals surface area contributed by atoms with Crippen LogP contribution in [0.5, 0.6) is 0 Å². The Kier molecular flexibility index (Phi) is 6.47. The van der Waals surface area contributed by atoms with Gasteiger partial charge in [0, 0.05) is 0 Å². The molecule has 0 aliphatic rings. The predicted molar refractivity (Wildman–Crippen MR) is 166 cm³/mol. The van der Waals surface area contributed by atoms with Crippen LogP contribution in [0, 0.1) is 6.92 Å². The zero-order valence-electron chi connectivity index (χ0n) is 25.7. The van der Waals surface area contributed by atoms with Crippen LogP contribution in [0.2, 0.25) is 0 Å². The molecule has 0 spiro atoms. The molecule has 0 aliphatic heterocycles. The summed E-state index contributed by atoms with van der Waals surface area (Å²) in [5.41, 5.74) is 9.97. The molecule has 0 fully saturated rings. The molecule has 0 unspecified atom stereocenters. The van der Waals surface area contributed by atoms with Crippen LogP contribution < -0.4 is 0 Å². The maximum Gasteiger partial charge on any atom is -0.00262 e. The summed E-state index contributed by atoms with van der Waals surface area (Å²) in [6, 6.07) is 21.7. The van der Waals surface area contributed by atoms with Crippen molar-refractivity contribution in [1.82, 2.24) is 0 Å². The molecule has 4 aromatic rings. The van der Waals surface area contributed by atoms with Crippen molar-refractivity contribution in [3.63, 3.8) is 0 Å². The molecule has 0 radical (unpaired) electrons. The zero-order chi connectivity index (χ0) is 27.7. The van der Waals surface area contributed by atoms with Crippen LogP contribution in [-0.2, 0) is 21.7 Å². The Morgan fingerprint density at radius 1 is 0.378 bits per heavy atom. The summed E-state index contributed by atoms with van der Waals surface area (Å²) in [6.07, 6.45) is 0. The van der Waals surface area contributed by atoms with Crippen LogP contribution in [0.15, 0.2) is 54.6 Å². The van der Waals surface area contributed by atoms with E-state index in [1.165, 1.54) is 60.5 Å². The van der Waals surface area contributed by atoms with E-state index in [4.69, 9.17) is 0 Å². The van der Waals surface area contributed by atoms with Crippen molar-refractivity contribution in [2.75, 3.05) is 0 Å². The molecule has 4 aromatic carbocycles. The molecule has 0 N–H and O–H groups in total. The van der Waals surface area contributed by atoms with Crippen LogP contribution in [-0.4, -0.2) is 0 Å². The number of aryl methyl sites for hydroxylation is 1. The second kappa shape index (κ2) is 8.72. The molecular formula is C37H48. The van der Waals surface area contributed by atoms with E-state index in [0.29, 0.717) is 0 Å². The van der Waals surface area contributed by atoms with E-state index >= 15 is 0 Å². The van der Waals surface area contributed by atoms with Crippen LogP contribution in [0.1, 0.15) is 111 Å². The van der Waals surface area contributed by atoms with Crippen molar-refractivity contribution in [3.05, 3.63) is 82.4 Å². The van der Waals surface area contributed by atoms with Gasteiger partial charge >= 0.3 is 0 Å². The van der Waals surface area contributed by atoms with Crippen molar-refractivity contribution in [2.45, 2.75) is 112 Å². The van der Waals surface area contributed by atoms with Gasteiger partial charge in [0.25, 0.3) is 0 Å². The Morgan fingerprint density at radius 3 is 1.05 bits per heavy atom. The van der Waals surface area contributed by atoms with Gasteiger partial charge < -0.3 is 0 Å². The standard InChI is InChI=1S/C37H48/c1-23-29-16-14-25(34(2,3)4)21-31(29)33(32-22-26(35(5,6)7)15-17-30(23)32)24-18-27(36(8,9)10)20-28(19-24)37(11,12)13/h14-22H,1-13H3. The van der Waals surface area contributed by atoms with Crippen LogP contribution in [0.4, 0.5) is 0 Å². The topological polar surface area (TPSA) is 0 Å². The van der Waals surface area contributed by atoms with Crippen molar-refractivity contribution < 1.29 is 0 Å². The molecule has 4 rings (SSSR count). The zero-order valence-corrected chi connectivity index (χ0v) is 25.7. The third kappa shape index (κ3) is 5.22. The van der Waals surface area contributed by atoms with Gasteiger partial charge in [0.2, 0.25) is 0 Å². The lowest BCUT2D eigenvalue weighted by atomic mass is 9.77. The smallest absolute Gasteiger partial charge is 0.00262 e. The Morgan fingerprint density at radius 2 is 0.730 bits per heavy atom. The molecule has 0 atom stereocenters. The summed E-state index contributed by atoms with van der Waals surface area (Å²) in [7, 11) is 0. The lowest BCUT2D eigenvalue weighted by molar-refractivity contribution is 0.569. The summed E-state index contributed by atoms with van der Waals surface area (Å²) in [4.78, 5) is 0. The number of rotatable bonds is 1. The molecule has 0 bridgehead atoms. The maximum atomic E-state index is 2.47. The average Bonchev–Trinajstić information content (AvgIpc) is 2.76. The van der Waals surface area contributed by atoms with Gasteiger partial charge in [-0.2, -0.15) is 0 Å². The largest absolute Gasteiger partial charge is 0.0579 e. The van der Waals surface area contributed by atoms with Crippen LogP contribution >= 0.6 is 0 Å². The lowest BCUT2D eigenvalue weighted by Crippen LogP contribution is -2.16. The van der Waals surface area contributed by atoms with Crippen molar-refractivity contribution >= 4 is 21.5 Å². The first-order valence-corrected chi connectivity index (χ1v) is 14.0. The molecule has 0 heteroatoms. The van der Waals surface area contributed by atoms with E-state index in [1.807, 2.05) is 0 Å². The Balaban J connectivity index is 2.27. The summed E-state index contributed by atoms with van der Waals surface area (Å²) >= 11 is 0. The van der Waals surface area contributed by atoms with Gasteiger partial charge in [-0.3, -0.25) is 0 Å². The fourth-order valence-corrected chi connectivity index (χ4v) is 5.33. The summed E-state index contributed by atoms with van der Waals surface area (Å²) in [5, 5.41) is 5.46. The van der Waals surface area contributed by atoms with Gasteiger partial charge in [-0.05, 0) is 101 Å². The summed E-state index contributed by atoms with van der Waals surface area (Å²) in [6.45, 7) is 30.2. The number of hydrogen-bond acceptors (Lipinski definition) is 0. The molecule has 0 aromatic heterocycles. The van der Waals surface area contributed by atoms with Crippen LogP contribution in [0.25, 0.3) is 32.7 Å². The molecule has 0 saturated heterocycles. The average molecular weight is 493 g/mol. The van der Waals surface area contributed by atoms with E-state index in [9.17, 15) is 0 Å². The predicted octanol–water partition coefficient (Wildman–Crippen LogP) is 11.2. The normalized spacial score (nSPS) is 13.5. The minimum atomic E-state index is 0.0689. The highest BCUT2D eigenvalue weighted by Crippen LogP contribution is 2.44. The molecule has 0 nitrogen and oxygen atoms in total. The highest BCUT2D eigenvalue weighted by molar-refractivity contribution is 6.15. The maximum absolute atomic E-state index is 2.47. The van der Waals surface area contributed by atoms with E-state index in [1.54, 1.807) is 0 Å². The number of hydrogen-bond donors (Lipinski definition) is 0. The fourth-order valence-electron chi connectivity index (χ4n) is 5.33. The molecular weight excluding hydrogens is 444 g/mol. The van der Waals surface area contributed by atoms with Crippen LogP contribution in [0.3, 0.4) is 0 Å². The van der Waals surface area contributed by atoms with E-state index in [2.05, 4.69) is 145 Å². The molecule has 0 saturated carbocycles. The van der Waals surface area contributed by atoms with Gasteiger partial charge in [0.05, 0.1) is 0 Å². The first kappa shape index (κ1) is 27.4. The highest BCUT2D eigenvalue weighted by Gasteiger charge is 2.24. The summed E-state index contributed by atoms with van der Waals surface area (Å²) < 4.78 is 0. The van der Waals surface area contributed by atoms with E-state index < -0.39 is 0 Å². The molecule has 0 heterocycles. The lowest BCUT2D eigenvalue weighted by Gasteiger charge is -2.28. The molecule has 196 valence electrons. The Hall–Kier alpha value is -2.60. The molecule has 0 aliphatic carbocycles. The van der Waals surface area contributed by atoms with Gasteiger partial charge in [0.1, 0.15) is 0 Å². The van der Waals surface area contributed by atoms with Crippen molar-refractivity contribution in [3.8, 4) is 11.1 Å². The number of fused-ring (bicyclic) bond motifs is 2. The first-order chi connectivity index (χ1) is 16.8. The third-order valence-electron chi connectivity index (χ3n) is 8.07. The summed E-state index contributed by atoms with van der Waals surface area (Å²) in [5.74, 6) is 0. The third-order valence-corrected chi connectivity index (χ3v) is 8.07. The minimum absolute atomic E-state index is 0.0689. The second-order valence-corrected chi connectivity index (χ2v) is 15.3. The quantitative estimate of drug-likeness (QED) is 0.232. The minimum Gasteiger partial charge on any atom is -0.0579 e. The van der Waals surface area contributed by atoms with Gasteiger partial charge in [-0.1, -0.05) is 126 Å². The van der Waals surface area contributed by atoms with Gasteiger partial charge in [-0.25, -0.2) is 0 Å². The Labute approximate surface area is 226 Å². The molecule has 37 heavy (non-hydrogen) atoms. The SMILES string of the molecule is Cc1c2ccc(C(C)(C)C)cc2c(-c2cc(C(C)(C)C)cc(C(C)(C)C)c2)c2cc(C(C)(C)C)ccc12. The number of benzene rings is 4. The Bertz CT molecular complexity index is 1380. The van der Waals surface area contributed by atoms with E-state index in [-0.39, 0.29) is 21.7 Å².